The van der Waals surface area contributed by atoms with Crippen LogP contribution in [0.2, 0.25) is 0 Å². The molecule has 0 amide bonds. The monoisotopic (exact) mass is 461 g/mol. The number of anilines is 1. The highest BCUT2D eigenvalue weighted by Gasteiger charge is 2.38. The molecule has 0 aromatic heterocycles. The minimum atomic E-state index is -0.490. The van der Waals surface area contributed by atoms with Gasteiger partial charge in [0.2, 0.25) is 0 Å². The largest absolute Gasteiger partial charge is 0.454 e. The Labute approximate surface area is 167 Å². The Kier molecular flexibility index (Phi) is 5.18. The van der Waals surface area contributed by atoms with E-state index < -0.39 is 5.97 Å². The number of allylic oxidation sites excluding steroid dienone is 1. The van der Waals surface area contributed by atoms with Gasteiger partial charge in [-0.1, -0.05) is 32.0 Å². The summed E-state index contributed by atoms with van der Waals surface area (Å²) in [6.07, 6.45) is 1.58. The molecule has 1 aliphatic heterocycles. The summed E-state index contributed by atoms with van der Waals surface area (Å²) in [5.74, 6) is -0.720. The van der Waals surface area contributed by atoms with Gasteiger partial charge in [-0.2, -0.15) is 0 Å². The molecule has 1 aliphatic rings. The maximum absolute atomic E-state index is 12.4. The Morgan fingerprint density at radius 1 is 1.12 bits per heavy atom. The molecule has 0 spiro atoms. The molecular formula is C21H20INO3. The highest BCUT2D eigenvalue weighted by molar-refractivity contribution is 14.1. The fourth-order valence-corrected chi connectivity index (χ4v) is 3.62. The van der Waals surface area contributed by atoms with Crippen molar-refractivity contribution >= 4 is 40.0 Å². The van der Waals surface area contributed by atoms with E-state index in [9.17, 15) is 9.59 Å². The number of likely N-dealkylation sites (N-methyl/N-ethyl adjacent to an activating group) is 1. The smallest absolute Gasteiger partial charge is 0.338 e. The summed E-state index contributed by atoms with van der Waals surface area (Å²) in [4.78, 5) is 26.5. The van der Waals surface area contributed by atoms with Crippen LogP contribution in [0.4, 0.5) is 5.69 Å². The van der Waals surface area contributed by atoms with Crippen LogP contribution >= 0.6 is 22.6 Å². The number of esters is 1. The van der Waals surface area contributed by atoms with E-state index in [0.717, 1.165) is 15.0 Å². The fourth-order valence-electron chi connectivity index (χ4n) is 3.26. The minimum Gasteiger partial charge on any atom is -0.454 e. The first kappa shape index (κ1) is 18.6. The van der Waals surface area contributed by atoms with Gasteiger partial charge in [-0.15, -0.1) is 0 Å². The normalized spacial score (nSPS) is 16.5. The van der Waals surface area contributed by atoms with Crippen LogP contribution in [-0.4, -0.2) is 25.4 Å². The lowest BCUT2D eigenvalue weighted by Gasteiger charge is -2.23. The third kappa shape index (κ3) is 3.53. The summed E-state index contributed by atoms with van der Waals surface area (Å²) < 4.78 is 6.20. The molecule has 0 fully saturated rings. The van der Waals surface area contributed by atoms with Gasteiger partial charge in [-0.25, -0.2) is 4.79 Å². The zero-order valence-electron chi connectivity index (χ0n) is 15.0. The first-order valence-electron chi connectivity index (χ1n) is 8.31. The van der Waals surface area contributed by atoms with Crippen molar-refractivity contribution in [1.29, 1.82) is 0 Å². The fraction of sp³-hybridized carbons (Fsp3) is 0.238. The number of carbonyl (C=O) groups excluding carboxylic acids is 2. The number of carbonyl (C=O) groups is 2. The topological polar surface area (TPSA) is 46.6 Å². The number of rotatable bonds is 4. The van der Waals surface area contributed by atoms with Gasteiger partial charge in [0.1, 0.15) is 0 Å². The van der Waals surface area contributed by atoms with Gasteiger partial charge in [0.15, 0.2) is 12.4 Å². The number of hydrogen-bond donors (Lipinski definition) is 0. The third-order valence-electron chi connectivity index (χ3n) is 4.66. The Balaban J connectivity index is 1.71. The number of fused-ring (bicyclic) bond motifs is 1. The zero-order valence-corrected chi connectivity index (χ0v) is 17.1. The van der Waals surface area contributed by atoms with E-state index in [1.807, 2.05) is 42.3 Å². The highest BCUT2D eigenvalue weighted by atomic mass is 127. The van der Waals surface area contributed by atoms with Crippen LogP contribution in [0.1, 0.15) is 29.8 Å². The van der Waals surface area contributed by atoms with E-state index in [1.54, 1.807) is 18.2 Å². The molecule has 0 saturated carbocycles. The summed E-state index contributed by atoms with van der Waals surface area (Å²) >= 11 is 2.17. The third-order valence-corrected chi connectivity index (χ3v) is 5.38. The second-order valence-corrected chi connectivity index (χ2v) is 8.03. The molecule has 134 valence electrons. The van der Waals surface area contributed by atoms with Crippen LogP contribution in [0.25, 0.3) is 0 Å². The van der Waals surface area contributed by atoms with Crippen molar-refractivity contribution in [3.05, 3.63) is 75.0 Å². The number of hydrogen-bond acceptors (Lipinski definition) is 4. The van der Waals surface area contributed by atoms with Crippen LogP contribution in [0.15, 0.2) is 60.3 Å². The number of ketones is 1. The second-order valence-electron chi connectivity index (χ2n) is 6.78. The summed E-state index contributed by atoms with van der Waals surface area (Å²) in [6.45, 7) is 3.91. The van der Waals surface area contributed by atoms with E-state index in [-0.39, 0.29) is 17.8 Å². The number of ether oxygens (including phenoxy) is 1. The molecule has 0 radical (unpaired) electrons. The van der Waals surface area contributed by atoms with Gasteiger partial charge in [0, 0.05) is 33.5 Å². The molecule has 0 bridgehead atoms. The van der Waals surface area contributed by atoms with E-state index in [1.165, 1.54) is 5.56 Å². The lowest BCUT2D eigenvalue weighted by molar-refractivity contribution is -0.117. The lowest BCUT2D eigenvalue weighted by atomic mass is 9.83. The first-order chi connectivity index (χ1) is 12.3. The number of halogens is 1. The average Bonchev–Trinajstić information content (AvgIpc) is 2.81. The lowest BCUT2D eigenvalue weighted by Crippen LogP contribution is -2.25. The van der Waals surface area contributed by atoms with Crippen LogP contribution in [0.5, 0.6) is 0 Å². The minimum absolute atomic E-state index is 0.230. The predicted molar refractivity (Wildman–Crippen MR) is 110 cm³/mol. The van der Waals surface area contributed by atoms with Gasteiger partial charge in [0.05, 0.1) is 5.56 Å². The molecule has 0 saturated heterocycles. The van der Waals surface area contributed by atoms with E-state index in [0.29, 0.717) is 5.56 Å². The molecule has 0 atom stereocenters. The molecule has 4 nitrogen and oxygen atoms in total. The summed E-state index contributed by atoms with van der Waals surface area (Å²) in [5.41, 5.74) is 3.33. The number of para-hydroxylation sites is 1. The Bertz CT molecular complexity index is 884. The van der Waals surface area contributed by atoms with Crippen LogP contribution < -0.4 is 4.90 Å². The Morgan fingerprint density at radius 2 is 1.77 bits per heavy atom. The maximum atomic E-state index is 12.4. The van der Waals surface area contributed by atoms with E-state index in [2.05, 4.69) is 42.5 Å². The van der Waals surface area contributed by atoms with Crippen molar-refractivity contribution in [1.82, 2.24) is 0 Å². The molecule has 2 aromatic rings. The molecular weight excluding hydrogens is 441 g/mol. The molecule has 26 heavy (non-hydrogen) atoms. The van der Waals surface area contributed by atoms with Crippen LogP contribution in [0, 0.1) is 3.57 Å². The van der Waals surface area contributed by atoms with E-state index >= 15 is 0 Å². The van der Waals surface area contributed by atoms with Gasteiger partial charge in [-0.05, 0) is 58.5 Å². The standard InChI is InChI=1S/C21H20INO3/c1-21(2)17-6-4-5-7-18(17)23(3)19(21)12-16(24)13-26-20(25)14-8-10-15(22)11-9-14/h4-12H,13H2,1-3H3. The summed E-state index contributed by atoms with van der Waals surface area (Å²) in [6, 6.07) is 15.1. The quantitative estimate of drug-likeness (QED) is 0.387. The Hall–Kier alpha value is -2.15. The van der Waals surface area contributed by atoms with Crippen molar-refractivity contribution in [2.24, 2.45) is 0 Å². The maximum Gasteiger partial charge on any atom is 0.338 e. The predicted octanol–water partition coefficient (Wildman–Crippen LogP) is 4.33. The average molecular weight is 461 g/mol. The molecule has 5 heteroatoms. The zero-order chi connectivity index (χ0) is 18.9. The molecule has 3 rings (SSSR count). The molecule has 2 aromatic carbocycles. The second kappa shape index (κ2) is 7.23. The number of benzene rings is 2. The van der Waals surface area contributed by atoms with Gasteiger partial charge in [0.25, 0.3) is 0 Å². The molecule has 0 N–H and O–H groups in total. The van der Waals surface area contributed by atoms with Crippen molar-refractivity contribution in [3.63, 3.8) is 0 Å². The van der Waals surface area contributed by atoms with Gasteiger partial charge in [-0.3, -0.25) is 4.79 Å². The van der Waals surface area contributed by atoms with Gasteiger partial charge < -0.3 is 9.64 Å². The van der Waals surface area contributed by atoms with Crippen molar-refractivity contribution in [3.8, 4) is 0 Å². The van der Waals surface area contributed by atoms with Crippen molar-refractivity contribution in [2.75, 3.05) is 18.6 Å². The Morgan fingerprint density at radius 3 is 2.42 bits per heavy atom. The molecule has 0 aliphatic carbocycles. The highest BCUT2D eigenvalue weighted by Crippen LogP contribution is 2.46. The first-order valence-corrected chi connectivity index (χ1v) is 9.39. The van der Waals surface area contributed by atoms with E-state index in [4.69, 9.17) is 4.74 Å². The van der Waals surface area contributed by atoms with Crippen LogP contribution in [0.3, 0.4) is 0 Å². The molecule has 1 heterocycles. The SMILES string of the molecule is CN1C(=CC(=O)COC(=O)c2ccc(I)cc2)C(C)(C)c2ccccc21. The number of nitrogens with zero attached hydrogens (tertiary/aromatic N) is 1. The van der Waals surface area contributed by atoms with Crippen molar-refractivity contribution in [2.45, 2.75) is 19.3 Å². The molecule has 0 unspecified atom stereocenters. The van der Waals surface area contributed by atoms with Crippen LogP contribution in [-0.2, 0) is 14.9 Å². The van der Waals surface area contributed by atoms with Crippen molar-refractivity contribution < 1.29 is 14.3 Å². The summed E-state index contributed by atoms with van der Waals surface area (Å²) in [5, 5.41) is 0. The summed E-state index contributed by atoms with van der Waals surface area (Å²) in [7, 11) is 1.95. The van der Waals surface area contributed by atoms with Gasteiger partial charge >= 0.3 is 5.97 Å².